The first kappa shape index (κ1) is 15.6. The van der Waals surface area contributed by atoms with Crippen LogP contribution in [0.25, 0.3) is 0 Å². The third-order valence-electron chi connectivity index (χ3n) is 2.61. The summed E-state index contributed by atoms with van der Waals surface area (Å²) in [6.07, 6.45) is 0.881. The second-order valence-electron chi connectivity index (χ2n) is 4.18. The first-order valence-electron chi connectivity index (χ1n) is 5.52. The van der Waals surface area contributed by atoms with Crippen LogP contribution in [0.2, 0.25) is 10.0 Å². The Bertz CT molecular complexity index is 509. The lowest BCUT2D eigenvalue weighted by Crippen LogP contribution is -2.28. The summed E-state index contributed by atoms with van der Waals surface area (Å²) < 4.78 is 26.7. The Labute approximate surface area is 118 Å². The van der Waals surface area contributed by atoms with E-state index >= 15 is 0 Å². The Kier molecular flexibility index (Phi) is 5.28. The molecule has 0 aliphatic heterocycles. The summed E-state index contributed by atoms with van der Waals surface area (Å²) in [7, 11) is -3.71. The van der Waals surface area contributed by atoms with Gasteiger partial charge in [0.25, 0.3) is 0 Å². The molecule has 0 aromatic heterocycles. The average molecular weight is 311 g/mol. The zero-order valence-electron chi connectivity index (χ0n) is 10.2. The van der Waals surface area contributed by atoms with Crippen LogP contribution in [0.1, 0.15) is 20.3 Å². The van der Waals surface area contributed by atoms with Crippen molar-refractivity contribution in [2.24, 2.45) is 5.92 Å². The standard InChI is InChI=1S/C11H16Cl2N2O2S/c1-3-7(2)6-15-18(16,17)11-9(12)4-8(14)5-10(11)13/h4-5,7,15H,3,6,14H2,1-2H3. The summed E-state index contributed by atoms with van der Waals surface area (Å²) in [5.41, 5.74) is 5.86. The molecular weight excluding hydrogens is 295 g/mol. The predicted octanol–water partition coefficient (Wildman–Crippen LogP) is 2.90. The number of anilines is 1. The normalized spacial score (nSPS) is 13.6. The summed E-state index contributed by atoms with van der Waals surface area (Å²) >= 11 is 11.8. The highest BCUT2D eigenvalue weighted by molar-refractivity contribution is 7.89. The van der Waals surface area contributed by atoms with Gasteiger partial charge in [-0.2, -0.15) is 0 Å². The van der Waals surface area contributed by atoms with E-state index in [0.717, 1.165) is 6.42 Å². The first-order chi connectivity index (χ1) is 8.27. The van der Waals surface area contributed by atoms with Crippen LogP contribution in [-0.2, 0) is 10.0 Å². The molecule has 3 N–H and O–H groups in total. The van der Waals surface area contributed by atoms with Crippen molar-refractivity contribution in [2.45, 2.75) is 25.2 Å². The van der Waals surface area contributed by atoms with Gasteiger partial charge in [0.1, 0.15) is 4.90 Å². The molecule has 1 unspecified atom stereocenters. The summed E-state index contributed by atoms with van der Waals surface area (Å²) in [4.78, 5) is -0.122. The van der Waals surface area contributed by atoms with Crippen molar-refractivity contribution < 1.29 is 8.42 Å². The molecule has 0 spiro atoms. The van der Waals surface area contributed by atoms with Gasteiger partial charge in [-0.3, -0.25) is 0 Å². The Hall–Kier alpha value is -0.490. The molecular formula is C11H16Cl2N2O2S. The smallest absolute Gasteiger partial charge is 0.243 e. The van der Waals surface area contributed by atoms with E-state index in [1.807, 2.05) is 13.8 Å². The van der Waals surface area contributed by atoms with Gasteiger partial charge in [0.15, 0.2) is 0 Å². The second-order valence-corrected chi connectivity index (χ2v) is 6.70. The third kappa shape index (κ3) is 3.75. The number of nitrogens with two attached hydrogens (primary N) is 1. The predicted molar refractivity (Wildman–Crippen MR) is 75.5 cm³/mol. The minimum Gasteiger partial charge on any atom is -0.399 e. The zero-order chi connectivity index (χ0) is 13.9. The maximum atomic E-state index is 12.1. The Morgan fingerprint density at radius 1 is 1.33 bits per heavy atom. The number of halogens is 2. The van der Waals surface area contributed by atoms with Gasteiger partial charge >= 0.3 is 0 Å². The van der Waals surface area contributed by atoms with Crippen LogP contribution in [0.5, 0.6) is 0 Å². The second kappa shape index (κ2) is 6.10. The molecule has 0 aliphatic carbocycles. The molecule has 0 saturated carbocycles. The number of nitrogens with one attached hydrogen (secondary N) is 1. The van der Waals surface area contributed by atoms with Crippen molar-refractivity contribution in [1.29, 1.82) is 0 Å². The van der Waals surface area contributed by atoms with Crippen molar-refractivity contribution >= 4 is 38.9 Å². The van der Waals surface area contributed by atoms with E-state index < -0.39 is 10.0 Å². The number of hydrogen-bond donors (Lipinski definition) is 2. The van der Waals surface area contributed by atoms with Gasteiger partial charge in [0.05, 0.1) is 10.0 Å². The highest BCUT2D eigenvalue weighted by Crippen LogP contribution is 2.31. The molecule has 0 fully saturated rings. The molecule has 102 valence electrons. The van der Waals surface area contributed by atoms with E-state index in [-0.39, 0.29) is 20.9 Å². The van der Waals surface area contributed by atoms with Crippen LogP contribution in [-0.4, -0.2) is 15.0 Å². The van der Waals surface area contributed by atoms with Crippen molar-refractivity contribution in [3.05, 3.63) is 22.2 Å². The summed E-state index contributed by atoms with van der Waals surface area (Å²) in [6, 6.07) is 2.73. The van der Waals surface area contributed by atoms with Crippen LogP contribution in [0.3, 0.4) is 0 Å². The Morgan fingerprint density at radius 2 is 1.83 bits per heavy atom. The zero-order valence-corrected chi connectivity index (χ0v) is 12.5. The summed E-state index contributed by atoms with van der Waals surface area (Å²) in [5, 5.41) is 0.0494. The lowest BCUT2D eigenvalue weighted by molar-refractivity contribution is 0.528. The van der Waals surface area contributed by atoms with E-state index in [2.05, 4.69) is 4.72 Å². The molecule has 1 atom stereocenters. The molecule has 1 aromatic carbocycles. The van der Waals surface area contributed by atoms with E-state index in [4.69, 9.17) is 28.9 Å². The Morgan fingerprint density at radius 3 is 2.28 bits per heavy atom. The van der Waals surface area contributed by atoms with E-state index in [1.54, 1.807) is 0 Å². The first-order valence-corrected chi connectivity index (χ1v) is 7.76. The van der Waals surface area contributed by atoms with Gasteiger partial charge in [0.2, 0.25) is 10.0 Å². The van der Waals surface area contributed by atoms with Crippen LogP contribution in [0.4, 0.5) is 5.69 Å². The van der Waals surface area contributed by atoms with Gasteiger partial charge < -0.3 is 5.73 Å². The number of hydrogen-bond acceptors (Lipinski definition) is 3. The molecule has 18 heavy (non-hydrogen) atoms. The Balaban J connectivity index is 3.06. The van der Waals surface area contributed by atoms with Crippen molar-refractivity contribution in [3.8, 4) is 0 Å². The quantitative estimate of drug-likeness (QED) is 0.821. The molecule has 1 aromatic rings. The van der Waals surface area contributed by atoms with Gasteiger partial charge in [-0.15, -0.1) is 0 Å². The lowest BCUT2D eigenvalue weighted by Gasteiger charge is -2.13. The van der Waals surface area contributed by atoms with Crippen LogP contribution < -0.4 is 10.5 Å². The van der Waals surface area contributed by atoms with Crippen molar-refractivity contribution in [1.82, 2.24) is 4.72 Å². The van der Waals surface area contributed by atoms with E-state index in [1.165, 1.54) is 12.1 Å². The average Bonchev–Trinajstić information content (AvgIpc) is 2.24. The number of rotatable bonds is 5. The highest BCUT2D eigenvalue weighted by atomic mass is 35.5. The molecule has 0 saturated heterocycles. The van der Waals surface area contributed by atoms with Crippen molar-refractivity contribution in [3.63, 3.8) is 0 Å². The maximum Gasteiger partial charge on any atom is 0.243 e. The van der Waals surface area contributed by atoms with E-state index in [9.17, 15) is 8.42 Å². The lowest BCUT2D eigenvalue weighted by atomic mass is 10.1. The number of sulfonamides is 1. The molecule has 7 heteroatoms. The van der Waals surface area contributed by atoms with Crippen LogP contribution in [0.15, 0.2) is 17.0 Å². The molecule has 0 heterocycles. The van der Waals surface area contributed by atoms with Gasteiger partial charge in [-0.1, -0.05) is 43.5 Å². The third-order valence-corrected chi connectivity index (χ3v) is 4.95. The number of benzene rings is 1. The summed E-state index contributed by atoms with van der Waals surface area (Å²) in [5.74, 6) is 0.242. The molecule has 0 radical (unpaired) electrons. The SMILES string of the molecule is CCC(C)CNS(=O)(=O)c1c(Cl)cc(N)cc1Cl. The molecule has 0 amide bonds. The minimum absolute atomic E-state index is 0.0247. The highest BCUT2D eigenvalue weighted by Gasteiger charge is 2.22. The largest absolute Gasteiger partial charge is 0.399 e. The van der Waals surface area contributed by atoms with E-state index in [0.29, 0.717) is 12.2 Å². The molecule has 0 bridgehead atoms. The molecule has 0 aliphatic rings. The fraction of sp³-hybridized carbons (Fsp3) is 0.455. The maximum absolute atomic E-state index is 12.1. The number of nitrogen functional groups attached to an aromatic ring is 1. The van der Waals surface area contributed by atoms with Crippen LogP contribution >= 0.6 is 23.2 Å². The monoisotopic (exact) mass is 310 g/mol. The molecule has 1 rings (SSSR count). The van der Waals surface area contributed by atoms with Crippen molar-refractivity contribution in [2.75, 3.05) is 12.3 Å². The van der Waals surface area contributed by atoms with Crippen LogP contribution in [0, 0.1) is 5.92 Å². The molecule has 4 nitrogen and oxygen atoms in total. The van der Waals surface area contributed by atoms with Gasteiger partial charge in [-0.25, -0.2) is 13.1 Å². The van der Waals surface area contributed by atoms with Gasteiger partial charge in [-0.05, 0) is 18.1 Å². The fourth-order valence-electron chi connectivity index (χ4n) is 1.30. The van der Waals surface area contributed by atoms with Gasteiger partial charge in [0, 0.05) is 12.2 Å². The minimum atomic E-state index is -3.71. The fourth-order valence-corrected chi connectivity index (χ4v) is 3.70. The topological polar surface area (TPSA) is 72.2 Å². The summed E-state index contributed by atoms with van der Waals surface area (Å²) in [6.45, 7) is 4.28.